The maximum absolute atomic E-state index is 9.65. The number of aliphatic hydroxyl groups excluding tert-OH is 1. The molecular weight excluding hydrogens is 182 g/mol. The second kappa shape index (κ2) is 3.86. The van der Waals surface area contributed by atoms with E-state index in [2.05, 4.69) is 0 Å². The van der Waals surface area contributed by atoms with E-state index in [0.717, 1.165) is 0 Å². The fourth-order valence-electron chi connectivity index (χ4n) is 1.24. The maximum Gasteiger partial charge on any atom is 0.127 e. The van der Waals surface area contributed by atoms with E-state index < -0.39 is 12.1 Å². The lowest BCUT2D eigenvalue weighted by atomic mass is 9.99. The first kappa shape index (κ1) is 10.8. The number of hydrogen-bond acceptors (Lipinski definition) is 4. The van der Waals surface area contributed by atoms with Crippen LogP contribution in [0.3, 0.4) is 0 Å². The van der Waals surface area contributed by atoms with Gasteiger partial charge in [0, 0.05) is 11.1 Å². The molecule has 0 spiro atoms. The Labute approximate surface area is 82.6 Å². The van der Waals surface area contributed by atoms with Crippen LogP contribution in [0.25, 0.3) is 0 Å². The van der Waals surface area contributed by atoms with Crippen molar-refractivity contribution in [3.63, 3.8) is 0 Å². The Balaban J connectivity index is 3.17. The smallest absolute Gasteiger partial charge is 0.127 e. The van der Waals surface area contributed by atoms with E-state index in [-0.39, 0.29) is 11.5 Å². The van der Waals surface area contributed by atoms with E-state index in [1.807, 2.05) is 0 Å². The van der Waals surface area contributed by atoms with Crippen LogP contribution in [0.15, 0.2) is 12.1 Å². The summed E-state index contributed by atoms with van der Waals surface area (Å²) in [7, 11) is 0. The molecule has 0 fully saturated rings. The molecule has 4 heteroatoms. The molecule has 0 aliphatic carbocycles. The molecule has 0 saturated carbocycles. The lowest BCUT2D eigenvalue weighted by Crippen LogP contribution is -2.23. The number of rotatable bonds is 2. The summed E-state index contributed by atoms with van der Waals surface area (Å²) in [4.78, 5) is 0. The zero-order valence-electron chi connectivity index (χ0n) is 8.23. The number of benzene rings is 1. The van der Waals surface area contributed by atoms with Crippen molar-refractivity contribution in [3.05, 3.63) is 23.3 Å². The Hall–Kier alpha value is -1.26. The predicted octanol–water partition coefficient (Wildman–Crippen LogP) is 0.787. The number of nitrogens with two attached hydrogens (primary N) is 1. The standard InChI is InChI=1S/C10H15NO3/c1-5-8(13)4-3-7(10(5)14)9(11)6(2)12/h3-4,6,9,12-14H,11H2,1-2H3/t6-,9-/m1/s1. The maximum atomic E-state index is 9.65. The van der Waals surface area contributed by atoms with E-state index in [1.54, 1.807) is 13.8 Å². The molecule has 1 aromatic rings. The van der Waals surface area contributed by atoms with Crippen LogP contribution in [0.1, 0.15) is 24.1 Å². The summed E-state index contributed by atoms with van der Waals surface area (Å²) in [6, 6.07) is 2.32. The van der Waals surface area contributed by atoms with Gasteiger partial charge in [-0.15, -0.1) is 0 Å². The average Bonchev–Trinajstić information content (AvgIpc) is 2.13. The highest BCUT2D eigenvalue weighted by Gasteiger charge is 2.18. The van der Waals surface area contributed by atoms with Gasteiger partial charge in [0.05, 0.1) is 12.1 Å². The third-order valence-corrected chi connectivity index (χ3v) is 2.31. The first-order valence-corrected chi connectivity index (χ1v) is 4.40. The summed E-state index contributed by atoms with van der Waals surface area (Å²) in [5.41, 5.74) is 6.48. The molecule has 4 nitrogen and oxygen atoms in total. The van der Waals surface area contributed by atoms with Gasteiger partial charge in [-0.1, -0.05) is 0 Å². The minimum absolute atomic E-state index is 0.0176. The first-order chi connectivity index (χ1) is 6.45. The fourth-order valence-corrected chi connectivity index (χ4v) is 1.24. The van der Waals surface area contributed by atoms with Gasteiger partial charge >= 0.3 is 0 Å². The molecule has 0 aliphatic rings. The summed E-state index contributed by atoms with van der Waals surface area (Å²) >= 11 is 0. The highest BCUT2D eigenvalue weighted by molar-refractivity contribution is 5.48. The van der Waals surface area contributed by atoms with E-state index in [0.29, 0.717) is 11.1 Å². The minimum Gasteiger partial charge on any atom is -0.508 e. The molecule has 2 atom stereocenters. The Morgan fingerprint density at radius 2 is 1.86 bits per heavy atom. The molecule has 0 heterocycles. The predicted molar refractivity (Wildman–Crippen MR) is 53.1 cm³/mol. The molecule has 14 heavy (non-hydrogen) atoms. The number of aliphatic hydroxyl groups is 1. The second-order valence-corrected chi connectivity index (χ2v) is 3.41. The fraction of sp³-hybridized carbons (Fsp3) is 0.400. The van der Waals surface area contributed by atoms with E-state index in [9.17, 15) is 15.3 Å². The molecular formula is C10H15NO3. The van der Waals surface area contributed by atoms with Gasteiger partial charge in [-0.3, -0.25) is 0 Å². The SMILES string of the molecule is Cc1c(O)ccc([C@H](N)[C@@H](C)O)c1O. The van der Waals surface area contributed by atoms with Crippen molar-refractivity contribution in [3.8, 4) is 11.5 Å². The van der Waals surface area contributed by atoms with E-state index >= 15 is 0 Å². The summed E-state index contributed by atoms with van der Waals surface area (Å²) < 4.78 is 0. The molecule has 1 aromatic carbocycles. The summed E-state index contributed by atoms with van der Waals surface area (Å²) in [6.07, 6.45) is -0.746. The highest BCUT2D eigenvalue weighted by Crippen LogP contribution is 2.33. The zero-order chi connectivity index (χ0) is 10.9. The molecule has 78 valence electrons. The summed E-state index contributed by atoms with van der Waals surface area (Å²) in [6.45, 7) is 3.13. The van der Waals surface area contributed by atoms with Crippen LogP contribution in [0.2, 0.25) is 0 Å². The summed E-state index contributed by atoms with van der Waals surface area (Å²) in [5, 5.41) is 28.2. The van der Waals surface area contributed by atoms with Gasteiger partial charge in [-0.2, -0.15) is 0 Å². The number of phenolic OH excluding ortho intramolecular Hbond substituents is 2. The molecule has 0 aromatic heterocycles. The average molecular weight is 197 g/mol. The van der Waals surface area contributed by atoms with Gasteiger partial charge in [-0.25, -0.2) is 0 Å². The Kier molecular flexibility index (Phi) is 2.98. The van der Waals surface area contributed by atoms with Gasteiger partial charge in [0.15, 0.2) is 0 Å². The third-order valence-electron chi connectivity index (χ3n) is 2.31. The number of hydrogen-bond donors (Lipinski definition) is 4. The lowest BCUT2D eigenvalue weighted by molar-refractivity contribution is 0.162. The van der Waals surface area contributed by atoms with Gasteiger partial charge in [0.1, 0.15) is 11.5 Å². The first-order valence-electron chi connectivity index (χ1n) is 4.40. The van der Waals surface area contributed by atoms with Crippen LogP contribution in [0, 0.1) is 6.92 Å². The molecule has 1 rings (SSSR count). The lowest BCUT2D eigenvalue weighted by Gasteiger charge is -2.17. The third kappa shape index (κ3) is 1.81. The Morgan fingerprint density at radius 3 is 2.36 bits per heavy atom. The Morgan fingerprint density at radius 1 is 1.29 bits per heavy atom. The van der Waals surface area contributed by atoms with Crippen molar-refractivity contribution in [1.82, 2.24) is 0 Å². The van der Waals surface area contributed by atoms with Crippen molar-refractivity contribution < 1.29 is 15.3 Å². The monoisotopic (exact) mass is 197 g/mol. The van der Waals surface area contributed by atoms with Gasteiger partial charge in [0.25, 0.3) is 0 Å². The normalized spacial score (nSPS) is 15.1. The largest absolute Gasteiger partial charge is 0.508 e. The van der Waals surface area contributed by atoms with Crippen LogP contribution in [0.4, 0.5) is 0 Å². The van der Waals surface area contributed by atoms with Crippen LogP contribution >= 0.6 is 0 Å². The second-order valence-electron chi connectivity index (χ2n) is 3.41. The van der Waals surface area contributed by atoms with Crippen molar-refractivity contribution in [1.29, 1.82) is 0 Å². The molecule has 0 aliphatic heterocycles. The van der Waals surface area contributed by atoms with Gasteiger partial charge < -0.3 is 21.1 Å². The molecule has 0 amide bonds. The quantitative estimate of drug-likeness (QED) is 0.564. The van der Waals surface area contributed by atoms with E-state index in [1.165, 1.54) is 12.1 Å². The molecule has 0 radical (unpaired) electrons. The highest BCUT2D eigenvalue weighted by atomic mass is 16.3. The number of phenols is 2. The van der Waals surface area contributed by atoms with Crippen molar-refractivity contribution in [2.45, 2.75) is 26.0 Å². The summed E-state index contributed by atoms with van der Waals surface area (Å²) in [5.74, 6) is -0.0394. The molecule has 0 bridgehead atoms. The van der Waals surface area contributed by atoms with Crippen LogP contribution in [-0.2, 0) is 0 Å². The minimum atomic E-state index is -0.746. The van der Waals surface area contributed by atoms with Crippen molar-refractivity contribution in [2.24, 2.45) is 5.73 Å². The zero-order valence-corrected chi connectivity index (χ0v) is 8.23. The topological polar surface area (TPSA) is 86.7 Å². The van der Waals surface area contributed by atoms with Crippen molar-refractivity contribution >= 4 is 0 Å². The van der Waals surface area contributed by atoms with E-state index in [4.69, 9.17) is 5.73 Å². The van der Waals surface area contributed by atoms with Crippen LogP contribution in [-0.4, -0.2) is 21.4 Å². The van der Waals surface area contributed by atoms with Crippen LogP contribution < -0.4 is 5.73 Å². The van der Waals surface area contributed by atoms with Crippen LogP contribution in [0.5, 0.6) is 11.5 Å². The van der Waals surface area contributed by atoms with Crippen molar-refractivity contribution in [2.75, 3.05) is 0 Å². The Bertz CT molecular complexity index is 336. The molecule has 5 N–H and O–H groups in total. The van der Waals surface area contributed by atoms with Gasteiger partial charge in [-0.05, 0) is 26.0 Å². The molecule has 0 unspecified atom stereocenters. The van der Waals surface area contributed by atoms with Gasteiger partial charge in [0.2, 0.25) is 0 Å². The molecule has 0 saturated heterocycles. The number of aromatic hydroxyl groups is 2.